The molecule has 0 N–H and O–H groups in total. The Hall–Kier alpha value is -1.75. The molecule has 1 aromatic carbocycles. The first-order valence-corrected chi connectivity index (χ1v) is 4.46. The molecule has 15 heavy (non-hydrogen) atoms. The number of hydrogen-bond acceptors (Lipinski definition) is 4. The molecule has 0 aromatic heterocycles. The summed E-state index contributed by atoms with van der Waals surface area (Å²) in [5.41, 5.74) is 0.598. The van der Waals surface area contributed by atoms with Crippen molar-refractivity contribution in [3.05, 3.63) is 39.0 Å². The first-order chi connectivity index (χ1) is 7.16. The second kappa shape index (κ2) is 3.78. The number of halogens is 1. The summed E-state index contributed by atoms with van der Waals surface area (Å²) in [6.07, 6.45) is 1.25. The molecule has 0 fully saturated rings. The molecule has 2 rings (SSSR count). The average Bonchev–Trinajstić information content (AvgIpc) is 2.64. The van der Waals surface area contributed by atoms with Crippen LogP contribution in [0, 0.1) is 10.1 Å². The van der Waals surface area contributed by atoms with Crippen molar-refractivity contribution in [1.82, 2.24) is 0 Å². The van der Waals surface area contributed by atoms with E-state index in [0.717, 1.165) is 0 Å². The first kappa shape index (κ1) is 9.79. The number of benzene rings is 1. The van der Waals surface area contributed by atoms with Crippen LogP contribution in [0.4, 0.5) is 0 Å². The lowest BCUT2D eigenvalue weighted by Crippen LogP contribution is -1.92. The predicted molar refractivity (Wildman–Crippen MR) is 53.4 cm³/mol. The fourth-order valence-electron chi connectivity index (χ4n) is 1.19. The highest BCUT2D eigenvalue weighted by molar-refractivity contribution is 6.29. The summed E-state index contributed by atoms with van der Waals surface area (Å²) in [7, 11) is 0. The van der Waals surface area contributed by atoms with Crippen molar-refractivity contribution in [1.29, 1.82) is 0 Å². The zero-order chi connectivity index (χ0) is 10.8. The number of fused-ring (bicyclic) bond motifs is 1. The van der Waals surface area contributed by atoms with Crippen LogP contribution in [0.3, 0.4) is 0 Å². The summed E-state index contributed by atoms with van der Waals surface area (Å²) in [6.45, 7) is 0.172. The van der Waals surface area contributed by atoms with Gasteiger partial charge < -0.3 is 9.47 Å². The molecule has 0 saturated carbocycles. The van der Waals surface area contributed by atoms with Crippen molar-refractivity contribution in [2.24, 2.45) is 0 Å². The van der Waals surface area contributed by atoms with Gasteiger partial charge in [-0.2, -0.15) is 0 Å². The molecule has 1 aliphatic rings. The molecular formula is C9H6ClNO4. The van der Waals surface area contributed by atoms with Crippen molar-refractivity contribution in [3.8, 4) is 11.5 Å². The Kier molecular flexibility index (Phi) is 2.47. The molecule has 6 heteroatoms. The van der Waals surface area contributed by atoms with E-state index in [9.17, 15) is 10.1 Å². The standard InChI is InChI=1S/C9H6ClNO4/c10-9(11(12)13)4-6-1-2-7-8(3-6)15-5-14-7/h1-4H,5H2/b9-4+. The van der Waals surface area contributed by atoms with Crippen LogP contribution < -0.4 is 9.47 Å². The predicted octanol–water partition coefficient (Wildman–Crippen LogP) is 2.23. The summed E-state index contributed by atoms with van der Waals surface area (Å²) in [5, 5.41) is 9.85. The Morgan fingerprint density at radius 1 is 1.47 bits per heavy atom. The molecule has 0 unspecified atom stereocenters. The second-order valence-corrected chi connectivity index (χ2v) is 3.22. The molecule has 0 bridgehead atoms. The molecule has 0 spiro atoms. The van der Waals surface area contributed by atoms with Crippen LogP contribution in [0.15, 0.2) is 23.4 Å². The van der Waals surface area contributed by atoms with Crippen LogP contribution >= 0.6 is 11.6 Å². The first-order valence-electron chi connectivity index (χ1n) is 4.08. The summed E-state index contributed by atoms with van der Waals surface area (Å²) < 4.78 is 10.2. The summed E-state index contributed by atoms with van der Waals surface area (Å²) in [5.74, 6) is 1.20. The lowest BCUT2D eigenvalue weighted by atomic mass is 10.2. The van der Waals surface area contributed by atoms with Crippen LogP contribution in [0.2, 0.25) is 0 Å². The summed E-state index contributed by atoms with van der Waals surface area (Å²) in [6, 6.07) is 4.98. The van der Waals surface area contributed by atoms with Crippen molar-refractivity contribution in [2.45, 2.75) is 0 Å². The molecule has 0 saturated heterocycles. The number of hydrogen-bond donors (Lipinski definition) is 0. The van der Waals surface area contributed by atoms with Crippen LogP contribution in [-0.2, 0) is 0 Å². The Bertz CT molecular complexity index is 444. The van der Waals surface area contributed by atoms with Gasteiger partial charge in [-0.05, 0) is 29.3 Å². The van der Waals surface area contributed by atoms with Crippen molar-refractivity contribution >= 4 is 17.7 Å². The van der Waals surface area contributed by atoms with Gasteiger partial charge in [0.1, 0.15) is 0 Å². The van der Waals surface area contributed by atoms with Gasteiger partial charge >= 0.3 is 5.16 Å². The maximum Gasteiger partial charge on any atom is 0.337 e. The number of rotatable bonds is 2. The number of nitrogens with zero attached hydrogens (tertiary/aromatic N) is 1. The van der Waals surface area contributed by atoms with Crippen molar-refractivity contribution in [3.63, 3.8) is 0 Å². The third-order valence-electron chi connectivity index (χ3n) is 1.86. The van der Waals surface area contributed by atoms with E-state index in [1.807, 2.05) is 0 Å². The molecule has 0 radical (unpaired) electrons. The molecule has 1 heterocycles. The van der Waals surface area contributed by atoms with E-state index < -0.39 is 10.1 Å². The maximum absolute atomic E-state index is 10.3. The summed E-state index contributed by atoms with van der Waals surface area (Å²) >= 11 is 5.39. The fourth-order valence-corrected chi connectivity index (χ4v) is 1.32. The Morgan fingerprint density at radius 2 is 2.20 bits per heavy atom. The highest BCUT2D eigenvalue weighted by Crippen LogP contribution is 2.33. The normalized spacial score (nSPS) is 14.1. The minimum Gasteiger partial charge on any atom is -0.454 e. The second-order valence-electron chi connectivity index (χ2n) is 2.84. The van der Waals surface area contributed by atoms with Crippen molar-refractivity contribution in [2.75, 3.05) is 6.79 Å². The van der Waals surface area contributed by atoms with Gasteiger partial charge in [-0.3, -0.25) is 10.1 Å². The van der Waals surface area contributed by atoms with Gasteiger partial charge in [0.15, 0.2) is 11.5 Å². The van der Waals surface area contributed by atoms with E-state index in [2.05, 4.69) is 0 Å². The van der Waals surface area contributed by atoms with Gasteiger partial charge in [-0.15, -0.1) is 0 Å². The van der Waals surface area contributed by atoms with Crippen molar-refractivity contribution < 1.29 is 14.4 Å². The van der Waals surface area contributed by atoms with Crippen LogP contribution in [0.1, 0.15) is 5.56 Å². The Balaban J connectivity index is 2.31. The van der Waals surface area contributed by atoms with E-state index in [0.29, 0.717) is 17.1 Å². The lowest BCUT2D eigenvalue weighted by Gasteiger charge is -1.96. The molecule has 0 amide bonds. The highest BCUT2D eigenvalue weighted by Gasteiger charge is 2.13. The number of nitro groups is 1. The fraction of sp³-hybridized carbons (Fsp3) is 0.111. The van der Waals surface area contributed by atoms with Crippen LogP contribution in [-0.4, -0.2) is 11.7 Å². The van der Waals surface area contributed by atoms with E-state index >= 15 is 0 Å². The molecular weight excluding hydrogens is 222 g/mol. The van der Waals surface area contributed by atoms with E-state index in [1.54, 1.807) is 18.2 Å². The highest BCUT2D eigenvalue weighted by atomic mass is 35.5. The molecule has 78 valence electrons. The monoisotopic (exact) mass is 227 g/mol. The third-order valence-corrected chi connectivity index (χ3v) is 2.10. The van der Waals surface area contributed by atoms with Crippen LogP contribution in [0.25, 0.3) is 6.08 Å². The average molecular weight is 228 g/mol. The molecule has 5 nitrogen and oxygen atoms in total. The van der Waals surface area contributed by atoms with E-state index in [-0.39, 0.29) is 6.79 Å². The minimum atomic E-state index is -0.661. The quantitative estimate of drug-likeness (QED) is 0.442. The zero-order valence-corrected chi connectivity index (χ0v) is 8.23. The maximum atomic E-state index is 10.3. The van der Waals surface area contributed by atoms with Crippen LogP contribution in [0.5, 0.6) is 11.5 Å². The largest absolute Gasteiger partial charge is 0.454 e. The van der Waals surface area contributed by atoms with E-state index in [4.69, 9.17) is 21.1 Å². The Morgan fingerprint density at radius 3 is 2.93 bits per heavy atom. The minimum absolute atomic E-state index is 0.172. The molecule has 1 aliphatic heterocycles. The SMILES string of the molecule is O=[N+]([O-])/C(Cl)=C/c1ccc2c(c1)OCO2. The molecule has 1 aromatic rings. The van der Waals surface area contributed by atoms with Gasteiger partial charge in [0, 0.05) is 6.08 Å². The molecule has 0 atom stereocenters. The van der Waals surface area contributed by atoms with Gasteiger partial charge in [0.2, 0.25) is 6.79 Å². The van der Waals surface area contributed by atoms with Gasteiger partial charge in [-0.1, -0.05) is 6.07 Å². The summed E-state index contributed by atoms with van der Waals surface area (Å²) in [4.78, 5) is 9.63. The topological polar surface area (TPSA) is 61.6 Å². The van der Waals surface area contributed by atoms with Gasteiger partial charge in [0.05, 0.1) is 4.92 Å². The van der Waals surface area contributed by atoms with Gasteiger partial charge in [-0.25, -0.2) is 0 Å². The lowest BCUT2D eigenvalue weighted by molar-refractivity contribution is -0.410. The zero-order valence-electron chi connectivity index (χ0n) is 7.47. The van der Waals surface area contributed by atoms with E-state index in [1.165, 1.54) is 6.08 Å². The molecule has 0 aliphatic carbocycles. The number of ether oxygens (including phenoxy) is 2. The third kappa shape index (κ3) is 2.02. The smallest absolute Gasteiger partial charge is 0.337 e. The Labute approximate surface area is 90.0 Å². The van der Waals surface area contributed by atoms with Gasteiger partial charge in [0.25, 0.3) is 0 Å².